The number of benzene rings is 1. The number of methoxy groups -OCH3 is 3. The van der Waals surface area contributed by atoms with Crippen LogP contribution in [0.3, 0.4) is 0 Å². The first-order valence-corrected chi connectivity index (χ1v) is 10.8. The van der Waals surface area contributed by atoms with E-state index in [2.05, 4.69) is 16.1 Å². The SMILES string of the molecule is C#CCNC(=O)c1ccc2nc(-c3cc(OC)c(OC)c(OC)c3)c(CN3CCCC3)n2c1. The van der Waals surface area contributed by atoms with E-state index in [9.17, 15) is 4.79 Å². The molecule has 3 aromatic rings. The molecule has 1 saturated heterocycles. The summed E-state index contributed by atoms with van der Waals surface area (Å²) >= 11 is 0. The molecule has 33 heavy (non-hydrogen) atoms. The van der Waals surface area contributed by atoms with E-state index in [-0.39, 0.29) is 12.5 Å². The minimum atomic E-state index is -0.218. The number of imidazole rings is 1. The Morgan fingerprint density at radius 2 is 1.82 bits per heavy atom. The van der Waals surface area contributed by atoms with Crippen molar-refractivity contribution in [3.8, 4) is 40.8 Å². The predicted molar refractivity (Wildman–Crippen MR) is 126 cm³/mol. The predicted octanol–water partition coefficient (Wildman–Crippen LogP) is 2.99. The third-order valence-corrected chi connectivity index (χ3v) is 5.84. The van der Waals surface area contributed by atoms with Crippen molar-refractivity contribution in [3.63, 3.8) is 0 Å². The molecular weight excluding hydrogens is 420 g/mol. The molecule has 0 saturated carbocycles. The Bertz CT molecular complexity index is 1180. The second-order valence-corrected chi connectivity index (χ2v) is 7.84. The first-order valence-electron chi connectivity index (χ1n) is 10.8. The molecule has 0 bridgehead atoms. The number of carbonyl (C=O) groups is 1. The van der Waals surface area contributed by atoms with Gasteiger partial charge < -0.3 is 23.9 Å². The maximum atomic E-state index is 12.5. The minimum Gasteiger partial charge on any atom is -0.493 e. The average molecular weight is 449 g/mol. The van der Waals surface area contributed by atoms with Crippen LogP contribution in [0.5, 0.6) is 17.2 Å². The molecule has 2 aromatic heterocycles. The number of likely N-dealkylation sites (tertiary alicyclic amines) is 1. The molecule has 8 nitrogen and oxygen atoms in total. The Labute approximate surface area is 193 Å². The molecule has 0 aliphatic carbocycles. The molecule has 1 aromatic carbocycles. The Morgan fingerprint density at radius 1 is 1.12 bits per heavy atom. The lowest BCUT2D eigenvalue weighted by molar-refractivity contribution is 0.0958. The first kappa shape index (κ1) is 22.5. The number of fused-ring (bicyclic) bond motifs is 1. The minimum absolute atomic E-state index is 0.179. The summed E-state index contributed by atoms with van der Waals surface area (Å²) in [6, 6.07) is 7.40. The molecule has 3 heterocycles. The number of nitrogens with zero attached hydrogens (tertiary/aromatic N) is 3. The summed E-state index contributed by atoms with van der Waals surface area (Å²) in [6.45, 7) is 2.95. The standard InChI is InChI=1S/C25H28N4O4/c1-5-10-26-25(30)17-8-9-22-27-23(19(29(22)15-17)16-28-11-6-7-12-28)18-13-20(31-2)24(33-4)21(14-18)32-3/h1,8-9,13-15H,6-7,10-12,16H2,2-4H3,(H,26,30). The number of aromatic nitrogens is 2. The Balaban J connectivity index is 1.87. The fourth-order valence-corrected chi connectivity index (χ4v) is 4.21. The van der Waals surface area contributed by atoms with Gasteiger partial charge in [-0.3, -0.25) is 9.69 Å². The van der Waals surface area contributed by atoms with Gasteiger partial charge in [-0.2, -0.15) is 0 Å². The van der Waals surface area contributed by atoms with Gasteiger partial charge in [-0.25, -0.2) is 4.98 Å². The number of ether oxygens (including phenoxy) is 3. The van der Waals surface area contributed by atoms with Crippen LogP contribution >= 0.6 is 0 Å². The summed E-state index contributed by atoms with van der Waals surface area (Å²) in [5.41, 5.74) is 3.92. The van der Waals surface area contributed by atoms with Crippen molar-refractivity contribution in [2.45, 2.75) is 19.4 Å². The van der Waals surface area contributed by atoms with Crippen molar-refractivity contribution in [2.75, 3.05) is 41.0 Å². The number of nitrogens with one attached hydrogen (secondary N) is 1. The highest BCUT2D eigenvalue weighted by molar-refractivity contribution is 5.94. The monoisotopic (exact) mass is 448 g/mol. The molecule has 172 valence electrons. The molecule has 1 fully saturated rings. The van der Waals surface area contributed by atoms with Gasteiger partial charge in [0, 0.05) is 18.3 Å². The van der Waals surface area contributed by atoms with Crippen LogP contribution in [0.15, 0.2) is 30.5 Å². The Kier molecular flexibility index (Phi) is 6.71. The van der Waals surface area contributed by atoms with Crippen molar-refractivity contribution < 1.29 is 19.0 Å². The zero-order chi connectivity index (χ0) is 23.4. The summed E-state index contributed by atoms with van der Waals surface area (Å²) in [4.78, 5) is 19.8. The number of rotatable bonds is 8. The van der Waals surface area contributed by atoms with E-state index in [1.54, 1.807) is 27.4 Å². The van der Waals surface area contributed by atoms with Crippen LogP contribution in [0.1, 0.15) is 28.9 Å². The van der Waals surface area contributed by atoms with Gasteiger partial charge in [-0.05, 0) is 50.2 Å². The number of amides is 1. The number of hydrogen-bond acceptors (Lipinski definition) is 6. The summed E-state index contributed by atoms with van der Waals surface area (Å²) in [6.07, 6.45) is 9.46. The van der Waals surface area contributed by atoms with Crippen molar-refractivity contribution in [1.82, 2.24) is 19.6 Å². The van der Waals surface area contributed by atoms with Crippen LogP contribution in [-0.4, -0.2) is 61.2 Å². The highest BCUT2D eigenvalue weighted by atomic mass is 16.5. The third-order valence-electron chi connectivity index (χ3n) is 5.84. The van der Waals surface area contributed by atoms with Crippen molar-refractivity contribution in [1.29, 1.82) is 0 Å². The molecule has 0 radical (unpaired) electrons. The van der Waals surface area contributed by atoms with E-state index in [1.807, 2.05) is 28.8 Å². The van der Waals surface area contributed by atoms with Gasteiger partial charge in [-0.1, -0.05) is 5.92 Å². The lowest BCUT2D eigenvalue weighted by Gasteiger charge is -2.17. The van der Waals surface area contributed by atoms with Crippen LogP contribution in [0.2, 0.25) is 0 Å². The van der Waals surface area contributed by atoms with Gasteiger partial charge in [-0.15, -0.1) is 6.42 Å². The quantitative estimate of drug-likeness (QED) is 0.534. The van der Waals surface area contributed by atoms with E-state index >= 15 is 0 Å². The molecular formula is C25H28N4O4. The summed E-state index contributed by atoms with van der Waals surface area (Å²) in [5.74, 6) is 3.86. The number of pyridine rings is 1. The van der Waals surface area contributed by atoms with Crippen molar-refractivity contribution in [3.05, 3.63) is 41.7 Å². The highest BCUT2D eigenvalue weighted by Crippen LogP contribution is 2.42. The average Bonchev–Trinajstić information content (AvgIpc) is 3.49. The first-order chi connectivity index (χ1) is 16.1. The third kappa shape index (κ3) is 4.45. The molecule has 1 aliphatic heterocycles. The van der Waals surface area contributed by atoms with Gasteiger partial charge >= 0.3 is 0 Å². The van der Waals surface area contributed by atoms with Crippen LogP contribution < -0.4 is 19.5 Å². The van der Waals surface area contributed by atoms with Crippen molar-refractivity contribution in [2.24, 2.45) is 0 Å². The van der Waals surface area contributed by atoms with E-state index in [4.69, 9.17) is 25.6 Å². The number of hydrogen-bond donors (Lipinski definition) is 1. The summed E-state index contributed by atoms with van der Waals surface area (Å²) < 4.78 is 18.6. The van der Waals surface area contributed by atoms with Crippen LogP contribution in [-0.2, 0) is 6.54 Å². The molecule has 0 atom stereocenters. The fourth-order valence-electron chi connectivity index (χ4n) is 4.21. The van der Waals surface area contributed by atoms with E-state index in [0.29, 0.717) is 29.4 Å². The molecule has 1 N–H and O–H groups in total. The highest BCUT2D eigenvalue weighted by Gasteiger charge is 2.23. The second-order valence-electron chi connectivity index (χ2n) is 7.84. The fraction of sp³-hybridized carbons (Fsp3) is 0.360. The largest absolute Gasteiger partial charge is 0.493 e. The van der Waals surface area contributed by atoms with Crippen LogP contribution in [0.4, 0.5) is 0 Å². The number of terminal acetylenes is 1. The van der Waals surface area contributed by atoms with Crippen LogP contribution in [0, 0.1) is 12.3 Å². The van der Waals surface area contributed by atoms with E-state index in [1.165, 1.54) is 12.8 Å². The van der Waals surface area contributed by atoms with Gasteiger partial charge in [0.15, 0.2) is 11.5 Å². The second kappa shape index (κ2) is 9.84. The molecule has 1 amide bonds. The van der Waals surface area contributed by atoms with Crippen molar-refractivity contribution >= 4 is 11.6 Å². The number of carbonyl (C=O) groups excluding carboxylic acids is 1. The normalized spacial score (nSPS) is 13.6. The Hall–Kier alpha value is -3.70. The smallest absolute Gasteiger partial charge is 0.253 e. The zero-order valence-electron chi connectivity index (χ0n) is 19.2. The topological polar surface area (TPSA) is 77.3 Å². The summed E-state index contributed by atoms with van der Waals surface area (Å²) in [7, 11) is 4.77. The molecule has 1 aliphatic rings. The van der Waals surface area contributed by atoms with Crippen LogP contribution in [0.25, 0.3) is 16.9 Å². The van der Waals surface area contributed by atoms with Gasteiger partial charge in [0.1, 0.15) is 5.65 Å². The van der Waals surface area contributed by atoms with Gasteiger partial charge in [0.05, 0.1) is 44.8 Å². The summed E-state index contributed by atoms with van der Waals surface area (Å²) in [5, 5.41) is 2.72. The lowest BCUT2D eigenvalue weighted by atomic mass is 10.1. The van der Waals surface area contributed by atoms with Gasteiger partial charge in [0.2, 0.25) is 5.75 Å². The van der Waals surface area contributed by atoms with E-state index < -0.39 is 0 Å². The maximum Gasteiger partial charge on any atom is 0.253 e. The van der Waals surface area contributed by atoms with E-state index in [0.717, 1.165) is 35.7 Å². The van der Waals surface area contributed by atoms with Gasteiger partial charge in [0.25, 0.3) is 5.91 Å². The molecule has 8 heteroatoms. The molecule has 0 spiro atoms. The molecule has 4 rings (SSSR count). The molecule has 0 unspecified atom stereocenters. The lowest BCUT2D eigenvalue weighted by Crippen LogP contribution is -2.24. The Morgan fingerprint density at radius 3 is 2.42 bits per heavy atom. The zero-order valence-corrected chi connectivity index (χ0v) is 19.2. The maximum absolute atomic E-state index is 12.5.